The van der Waals surface area contributed by atoms with Crippen LogP contribution in [0, 0.1) is 11.7 Å². The number of nitrogens with one attached hydrogen (secondary N) is 1. The first-order valence-corrected chi connectivity index (χ1v) is 9.32. The second-order valence-electron chi connectivity index (χ2n) is 7.15. The Labute approximate surface area is 157 Å². The van der Waals surface area contributed by atoms with Crippen molar-refractivity contribution < 1.29 is 14.0 Å². The molecule has 1 heterocycles. The zero-order chi connectivity index (χ0) is 18.8. The normalized spacial score (nSPS) is 17.1. The van der Waals surface area contributed by atoms with Gasteiger partial charge in [-0.2, -0.15) is 0 Å². The highest BCUT2D eigenvalue weighted by atomic mass is 19.1. The van der Waals surface area contributed by atoms with E-state index in [1.54, 1.807) is 21.9 Å². The monoisotopic (exact) mass is 367 g/mol. The van der Waals surface area contributed by atoms with Crippen LogP contribution in [0.15, 0.2) is 48.5 Å². The summed E-state index contributed by atoms with van der Waals surface area (Å²) in [7, 11) is 0. The third-order valence-electron chi connectivity index (χ3n) is 4.97. The molecule has 1 N–H and O–H groups in total. The Morgan fingerprint density at radius 3 is 2.63 bits per heavy atom. The summed E-state index contributed by atoms with van der Waals surface area (Å²) in [5.74, 6) is -0.0954. The van der Waals surface area contributed by atoms with Crippen molar-refractivity contribution in [2.45, 2.75) is 25.8 Å². The summed E-state index contributed by atoms with van der Waals surface area (Å²) in [4.78, 5) is 28.4. The second kappa shape index (κ2) is 7.39. The van der Waals surface area contributed by atoms with E-state index in [-0.39, 0.29) is 23.7 Å². The molecule has 2 aliphatic rings. The van der Waals surface area contributed by atoms with Crippen molar-refractivity contribution in [3.63, 3.8) is 0 Å². The largest absolute Gasteiger partial charge is 0.326 e. The maximum absolute atomic E-state index is 13.1. The highest BCUT2D eigenvalue weighted by molar-refractivity contribution is 5.96. The molecule has 0 radical (unpaired) electrons. The molecule has 1 aliphatic heterocycles. The molecule has 2 aromatic rings. The fraction of sp³-hybridized carbons (Fsp3) is 0.333. The van der Waals surface area contributed by atoms with Crippen LogP contribution < -0.4 is 10.2 Å². The Morgan fingerprint density at radius 2 is 1.89 bits per heavy atom. The molecule has 1 saturated carbocycles. The van der Waals surface area contributed by atoms with Gasteiger partial charge in [-0.25, -0.2) is 9.18 Å². The molecular formula is C21H22FN3O2. The van der Waals surface area contributed by atoms with Crippen LogP contribution in [-0.4, -0.2) is 29.9 Å². The molecule has 0 atom stereocenters. The van der Waals surface area contributed by atoms with Gasteiger partial charge >= 0.3 is 6.03 Å². The van der Waals surface area contributed by atoms with Crippen molar-refractivity contribution >= 4 is 23.3 Å². The van der Waals surface area contributed by atoms with Crippen molar-refractivity contribution in [1.82, 2.24) is 4.90 Å². The average Bonchev–Trinajstić information content (AvgIpc) is 3.51. The van der Waals surface area contributed by atoms with Gasteiger partial charge in [-0.3, -0.25) is 9.69 Å². The van der Waals surface area contributed by atoms with E-state index >= 15 is 0 Å². The van der Waals surface area contributed by atoms with Crippen molar-refractivity contribution in [2.75, 3.05) is 23.3 Å². The van der Waals surface area contributed by atoms with Gasteiger partial charge in [0.1, 0.15) is 5.82 Å². The van der Waals surface area contributed by atoms with Gasteiger partial charge in [-0.05, 0) is 55.2 Å². The molecule has 0 spiro atoms. The van der Waals surface area contributed by atoms with Crippen LogP contribution in [0.2, 0.25) is 0 Å². The number of carbonyl (C=O) groups excluding carboxylic acids is 2. The summed E-state index contributed by atoms with van der Waals surface area (Å²) in [5, 5.41) is 2.93. The minimum atomic E-state index is -0.282. The number of hydrogen-bond donors (Lipinski definition) is 1. The molecule has 4 rings (SSSR count). The quantitative estimate of drug-likeness (QED) is 0.868. The van der Waals surface area contributed by atoms with Gasteiger partial charge in [0.15, 0.2) is 0 Å². The molecule has 0 unspecified atom stereocenters. The lowest BCUT2D eigenvalue weighted by Crippen LogP contribution is -2.49. The number of anilines is 2. The highest BCUT2D eigenvalue weighted by Crippen LogP contribution is 2.31. The fourth-order valence-corrected chi connectivity index (χ4v) is 3.32. The first kappa shape index (κ1) is 17.5. The van der Waals surface area contributed by atoms with Crippen LogP contribution in [0.4, 0.5) is 20.6 Å². The third-order valence-corrected chi connectivity index (χ3v) is 4.97. The summed E-state index contributed by atoms with van der Waals surface area (Å²) in [5.41, 5.74) is 2.39. The van der Waals surface area contributed by atoms with Crippen LogP contribution >= 0.6 is 0 Å². The Morgan fingerprint density at radius 1 is 1.11 bits per heavy atom. The molecule has 2 fully saturated rings. The maximum atomic E-state index is 13.1. The lowest BCUT2D eigenvalue weighted by Gasteiger charge is -2.36. The number of rotatable bonds is 5. The first-order valence-electron chi connectivity index (χ1n) is 9.32. The lowest BCUT2D eigenvalue weighted by atomic mass is 10.1. The highest BCUT2D eigenvalue weighted by Gasteiger charge is 2.30. The standard InChI is InChI=1S/C21H22FN3O2/c22-17-9-5-15(6-10-17)14-24-11-2-12-25(21(24)27)19-4-1-3-18(13-19)23-20(26)16-7-8-16/h1,3-6,9-10,13,16H,2,7-8,11-12,14H2,(H,23,26). The van der Waals surface area contributed by atoms with E-state index in [1.807, 2.05) is 24.3 Å². The molecule has 5 nitrogen and oxygen atoms in total. The Hall–Kier alpha value is -2.89. The number of nitrogens with zero attached hydrogens (tertiary/aromatic N) is 2. The van der Waals surface area contributed by atoms with E-state index in [4.69, 9.17) is 0 Å². The zero-order valence-corrected chi connectivity index (χ0v) is 15.0. The summed E-state index contributed by atoms with van der Waals surface area (Å²) in [6.45, 7) is 1.76. The van der Waals surface area contributed by atoms with Gasteiger partial charge in [0.05, 0.1) is 0 Å². The topological polar surface area (TPSA) is 52.7 Å². The number of carbonyl (C=O) groups is 2. The fourth-order valence-electron chi connectivity index (χ4n) is 3.32. The molecule has 2 aromatic carbocycles. The van der Waals surface area contributed by atoms with E-state index in [2.05, 4.69) is 5.32 Å². The molecule has 1 aliphatic carbocycles. The summed E-state index contributed by atoms with van der Waals surface area (Å²) in [6.07, 6.45) is 2.76. The van der Waals surface area contributed by atoms with Crippen LogP contribution in [0.1, 0.15) is 24.8 Å². The zero-order valence-electron chi connectivity index (χ0n) is 15.0. The Kier molecular flexibility index (Phi) is 4.79. The van der Waals surface area contributed by atoms with Crippen LogP contribution in [0.3, 0.4) is 0 Å². The molecule has 0 aromatic heterocycles. The molecule has 3 amide bonds. The molecule has 27 heavy (non-hydrogen) atoms. The summed E-state index contributed by atoms with van der Waals surface area (Å²) in [6, 6.07) is 13.6. The van der Waals surface area contributed by atoms with E-state index < -0.39 is 0 Å². The minimum absolute atomic E-state index is 0.0510. The van der Waals surface area contributed by atoms with Crippen molar-refractivity contribution in [1.29, 1.82) is 0 Å². The number of urea groups is 1. The predicted molar refractivity (Wildman–Crippen MR) is 102 cm³/mol. The van der Waals surface area contributed by atoms with E-state index in [9.17, 15) is 14.0 Å². The molecule has 140 valence electrons. The van der Waals surface area contributed by atoms with Gasteiger partial charge in [-0.15, -0.1) is 0 Å². The average molecular weight is 367 g/mol. The molecular weight excluding hydrogens is 345 g/mol. The van der Waals surface area contributed by atoms with Gasteiger partial charge in [0, 0.05) is 36.9 Å². The van der Waals surface area contributed by atoms with Gasteiger partial charge < -0.3 is 10.2 Å². The molecule has 6 heteroatoms. The van der Waals surface area contributed by atoms with Crippen LogP contribution in [-0.2, 0) is 11.3 Å². The van der Waals surface area contributed by atoms with E-state index in [0.29, 0.717) is 25.3 Å². The molecule has 0 bridgehead atoms. The number of hydrogen-bond acceptors (Lipinski definition) is 2. The second-order valence-corrected chi connectivity index (χ2v) is 7.15. The van der Waals surface area contributed by atoms with Gasteiger partial charge in [0.25, 0.3) is 0 Å². The number of benzene rings is 2. The first-order chi connectivity index (χ1) is 13.1. The minimum Gasteiger partial charge on any atom is -0.326 e. The number of halogens is 1. The van der Waals surface area contributed by atoms with Crippen LogP contribution in [0.25, 0.3) is 0 Å². The maximum Gasteiger partial charge on any atom is 0.324 e. The summed E-state index contributed by atoms with van der Waals surface area (Å²) >= 11 is 0. The van der Waals surface area contributed by atoms with Crippen LogP contribution in [0.5, 0.6) is 0 Å². The van der Waals surface area contributed by atoms with E-state index in [1.165, 1.54) is 12.1 Å². The van der Waals surface area contributed by atoms with E-state index in [0.717, 1.165) is 30.5 Å². The third kappa shape index (κ3) is 4.10. The lowest BCUT2D eigenvalue weighted by molar-refractivity contribution is -0.117. The Balaban J connectivity index is 1.47. The van der Waals surface area contributed by atoms with Gasteiger partial charge in [0.2, 0.25) is 5.91 Å². The van der Waals surface area contributed by atoms with Gasteiger partial charge in [-0.1, -0.05) is 18.2 Å². The number of amides is 3. The van der Waals surface area contributed by atoms with Crippen molar-refractivity contribution in [3.8, 4) is 0 Å². The summed E-state index contributed by atoms with van der Waals surface area (Å²) < 4.78 is 13.1. The smallest absolute Gasteiger partial charge is 0.324 e. The Bertz CT molecular complexity index is 849. The molecule has 1 saturated heterocycles. The van der Waals surface area contributed by atoms with Crippen molar-refractivity contribution in [3.05, 3.63) is 59.9 Å². The predicted octanol–water partition coefficient (Wildman–Crippen LogP) is 4.01. The van der Waals surface area contributed by atoms with Crippen molar-refractivity contribution in [2.24, 2.45) is 5.92 Å². The SMILES string of the molecule is O=C(Nc1cccc(N2CCCN(Cc3ccc(F)cc3)C2=O)c1)C1CC1.